The van der Waals surface area contributed by atoms with Gasteiger partial charge < -0.3 is 9.80 Å². The van der Waals surface area contributed by atoms with E-state index in [1.807, 2.05) is 6.92 Å². The third-order valence-electron chi connectivity index (χ3n) is 5.84. The van der Waals surface area contributed by atoms with Crippen LogP contribution in [0.25, 0.3) is 0 Å². The molecule has 2 aromatic carbocycles. The number of benzene rings is 2. The van der Waals surface area contributed by atoms with Gasteiger partial charge in [0.05, 0.1) is 10.8 Å². The fourth-order valence-corrected chi connectivity index (χ4v) is 5.51. The fourth-order valence-electron chi connectivity index (χ4n) is 4.08. The predicted octanol–water partition coefficient (Wildman–Crippen LogP) is 2.16. The van der Waals surface area contributed by atoms with Gasteiger partial charge in [-0.25, -0.2) is 17.2 Å². The summed E-state index contributed by atoms with van der Waals surface area (Å²) in [6.07, 6.45) is -0.0567. The van der Waals surface area contributed by atoms with Gasteiger partial charge in [-0.15, -0.1) is 0 Å². The van der Waals surface area contributed by atoms with Crippen LogP contribution in [-0.2, 0) is 19.6 Å². The van der Waals surface area contributed by atoms with Gasteiger partial charge in [-0.3, -0.25) is 9.59 Å². The molecule has 2 fully saturated rings. The van der Waals surface area contributed by atoms with Gasteiger partial charge in [-0.1, -0.05) is 17.7 Å². The van der Waals surface area contributed by atoms with Crippen LogP contribution < -0.4 is 4.90 Å². The Hall–Kier alpha value is -2.85. The van der Waals surface area contributed by atoms with Crippen molar-refractivity contribution in [2.24, 2.45) is 5.92 Å². The molecule has 0 aromatic heterocycles. The van der Waals surface area contributed by atoms with Crippen molar-refractivity contribution in [3.63, 3.8) is 0 Å². The van der Waals surface area contributed by atoms with E-state index >= 15 is 0 Å². The Morgan fingerprint density at radius 3 is 2.16 bits per heavy atom. The third-order valence-corrected chi connectivity index (χ3v) is 7.76. The highest BCUT2D eigenvalue weighted by atomic mass is 32.2. The van der Waals surface area contributed by atoms with Gasteiger partial charge in [0.15, 0.2) is 0 Å². The van der Waals surface area contributed by atoms with E-state index in [2.05, 4.69) is 0 Å². The van der Waals surface area contributed by atoms with Crippen molar-refractivity contribution in [2.45, 2.75) is 18.2 Å². The highest BCUT2D eigenvalue weighted by Gasteiger charge is 2.39. The predicted molar refractivity (Wildman–Crippen MR) is 113 cm³/mol. The Balaban J connectivity index is 1.39. The van der Waals surface area contributed by atoms with Crippen LogP contribution in [0.1, 0.15) is 12.0 Å². The minimum Gasteiger partial charge on any atom is -0.340 e. The second-order valence-electron chi connectivity index (χ2n) is 8.08. The summed E-state index contributed by atoms with van der Waals surface area (Å²) in [5, 5.41) is 0. The molecule has 2 aliphatic rings. The van der Waals surface area contributed by atoms with Crippen LogP contribution in [0.15, 0.2) is 47.4 Å². The average Bonchev–Trinajstić information content (AvgIpc) is 3.14. The highest BCUT2D eigenvalue weighted by Crippen LogP contribution is 2.28. The van der Waals surface area contributed by atoms with Gasteiger partial charge in [0.2, 0.25) is 21.8 Å². The molecular weight excluding hydrogens is 440 g/mol. The SMILES string of the molecule is Cc1ccc(S(=O)(=O)N2CCN(C(=O)C3CC(=O)N(c4cc(F)cc(F)c4)C3)CC2)cc1. The van der Waals surface area contributed by atoms with Crippen molar-refractivity contribution >= 4 is 27.5 Å². The van der Waals surface area contributed by atoms with Crippen molar-refractivity contribution in [1.29, 1.82) is 0 Å². The van der Waals surface area contributed by atoms with Gasteiger partial charge in [-0.2, -0.15) is 4.31 Å². The minimum absolute atomic E-state index is 0.0302. The summed E-state index contributed by atoms with van der Waals surface area (Å²) >= 11 is 0. The summed E-state index contributed by atoms with van der Waals surface area (Å²) in [7, 11) is -3.65. The molecule has 1 unspecified atom stereocenters. The number of aryl methyl sites for hydroxylation is 1. The first kappa shape index (κ1) is 22.3. The molecule has 0 N–H and O–H groups in total. The zero-order chi connectivity index (χ0) is 23.0. The molecule has 0 saturated carbocycles. The number of nitrogens with zero attached hydrogens (tertiary/aromatic N) is 3. The Kier molecular flexibility index (Phi) is 6.00. The first-order valence-corrected chi connectivity index (χ1v) is 11.7. The van der Waals surface area contributed by atoms with Gasteiger partial charge in [0.1, 0.15) is 11.6 Å². The van der Waals surface area contributed by atoms with Crippen molar-refractivity contribution in [3.05, 3.63) is 59.7 Å². The topological polar surface area (TPSA) is 78.0 Å². The maximum atomic E-state index is 13.5. The molecule has 0 radical (unpaired) electrons. The standard InChI is InChI=1S/C22H23F2N3O4S/c1-15-2-4-20(5-3-15)32(30,31)26-8-6-25(7-9-26)22(29)16-10-21(28)27(14-16)19-12-17(23)11-18(24)13-19/h2-5,11-13,16H,6-10,14H2,1H3. The van der Waals surface area contributed by atoms with E-state index in [4.69, 9.17) is 0 Å². The van der Waals surface area contributed by atoms with Crippen molar-refractivity contribution in [2.75, 3.05) is 37.6 Å². The molecule has 10 heteroatoms. The van der Waals surface area contributed by atoms with Gasteiger partial charge in [0, 0.05) is 50.9 Å². The van der Waals surface area contributed by atoms with Crippen LogP contribution in [0.2, 0.25) is 0 Å². The Morgan fingerprint density at radius 1 is 0.969 bits per heavy atom. The molecule has 0 spiro atoms. The summed E-state index contributed by atoms with van der Waals surface area (Å²) in [5.74, 6) is -2.88. The second-order valence-corrected chi connectivity index (χ2v) is 10.0. The quantitative estimate of drug-likeness (QED) is 0.696. The maximum Gasteiger partial charge on any atom is 0.243 e. The van der Waals surface area contributed by atoms with E-state index in [0.717, 1.165) is 23.8 Å². The Morgan fingerprint density at radius 2 is 1.56 bits per heavy atom. The number of sulfonamides is 1. The summed E-state index contributed by atoms with van der Waals surface area (Å²) in [5.41, 5.74) is 1.04. The van der Waals surface area contributed by atoms with Gasteiger partial charge in [0.25, 0.3) is 0 Å². The lowest BCUT2D eigenvalue weighted by atomic mass is 10.1. The summed E-state index contributed by atoms with van der Waals surface area (Å²) in [6, 6.07) is 9.44. The molecule has 2 aromatic rings. The largest absolute Gasteiger partial charge is 0.340 e. The molecule has 170 valence electrons. The Bertz CT molecular complexity index is 1130. The minimum atomic E-state index is -3.65. The zero-order valence-electron chi connectivity index (χ0n) is 17.5. The molecule has 2 heterocycles. The van der Waals surface area contributed by atoms with Gasteiger partial charge in [-0.05, 0) is 31.2 Å². The first-order valence-electron chi connectivity index (χ1n) is 10.3. The second kappa shape index (κ2) is 8.59. The smallest absolute Gasteiger partial charge is 0.243 e. The molecule has 4 rings (SSSR count). The van der Waals surface area contributed by atoms with E-state index < -0.39 is 27.6 Å². The van der Waals surface area contributed by atoms with Crippen LogP contribution in [0.3, 0.4) is 0 Å². The van der Waals surface area contributed by atoms with Crippen LogP contribution in [0.5, 0.6) is 0 Å². The number of carbonyl (C=O) groups excluding carboxylic acids is 2. The number of anilines is 1. The summed E-state index contributed by atoms with van der Waals surface area (Å²) in [4.78, 5) is 28.3. The van der Waals surface area contributed by atoms with E-state index in [0.29, 0.717) is 0 Å². The Labute approximate surface area is 185 Å². The van der Waals surface area contributed by atoms with Crippen LogP contribution in [0, 0.1) is 24.5 Å². The third kappa shape index (κ3) is 4.37. The van der Waals surface area contributed by atoms with E-state index in [9.17, 15) is 26.8 Å². The molecular formula is C22H23F2N3O4S. The maximum absolute atomic E-state index is 13.5. The molecule has 7 nitrogen and oxygen atoms in total. The number of hydrogen-bond acceptors (Lipinski definition) is 4. The van der Waals surface area contributed by atoms with Crippen molar-refractivity contribution in [1.82, 2.24) is 9.21 Å². The average molecular weight is 464 g/mol. The van der Waals surface area contributed by atoms with Crippen LogP contribution in [-0.4, -0.2) is 62.2 Å². The first-order chi connectivity index (χ1) is 15.1. The lowest BCUT2D eigenvalue weighted by Crippen LogP contribution is -2.52. The van der Waals surface area contributed by atoms with Crippen LogP contribution in [0.4, 0.5) is 14.5 Å². The van der Waals surface area contributed by atoms with E-state index in [1.165, 1.54) is 9.21 Å². The fraction of sp³-hybridized carbons (Fsp3) is 0.364. The molecule has 1 atom stereocenters. The summed E-state index contributed by atoms with van der Waals surface area (Å²) < 4.78 is 54.1. The number of hydrogen-bond donors (Lipinski definition) is 0. The number of piperazine rings is 1. The van der Waals surface area contributed by atoms with E-state index in [1.54, 1.807) is 29.2 Å². The number of halogens is 2. The molecule has 2 amide bonds. The lowest BCUT2D eigenvalue weighted by Gasteiger charge is -2.35. The van der Waals surface area contributed by atoms with Crippen molar-refractivity contribution < 1.29 is 26.8 Å². The molecule has 0 aliphatic carbocycles. The summed E-state index contributed by atoms with van der Waals surface area (Å²) in [6.45, 7) is 2.64. The highest BCUT2D eigenvalue weighted by molar-refractivity contribution is 7.89. The van der Waals surface area contributed by atoms with Crippen LogP contribution >= 0.6 is 0 Å². The molecule has 32 heavy (non-hydrogen) atoms. The normalized spacial score (nSPS) is 20.1. The number of rotatable bonds is 4. The van der Waals surface area contributed by atoms with Crippen molar-refractivity contribution in [3.8, 4) is 0 Å². The number of carbonyl (C=O) groups is 2. The monoisotopic (exact) mass is 463 g/mol. The molecule has 0 bridgehead atoms. The molecule has 2 aliphatic heterocycles. The molecule has 2 saturated heterocycles. The van der Waals surface area contributed by atoms with Gasteiger partial charge >= 0.3 is 0 Å². The number of amides is 2. The zero-order valence-corrected chi connectivity index (χ0v) is 18.3. The lowest BCUT2D eigenvalue weighted by molar-refractivity contribution is -0.136. The van der Waals surface area contributed by atoms with E-state index in [-0.39, 0.29) is 61.5 Å².